The first kappa shape index (κ1) is 21.9. The Labute approximate surface area is 194 Å². The molecule has 0 bridgehead atoms. The molecule has 1 atom stereocenters. The molecule has 33 heavy (non-hydrogen) atoms. The molecule has 0 unspecified atom stereocenters. The Morgan fingerprint density at radius 1 is 1.24 bits per heavy atom. The van der Waals surface area contributed by atoms with Crippen molar-refractivity contribution in [3.63, 3.8) is 0 Å². The number of methoxy groups -OCH3 is 1. The Bertz CT molecular complexity index is 1110. The van der Waals surface area contributed by atoms with E-state index < -0.39 is 0 Å². The van der Waals surface area contributed by atoms with Crippen molar-refractivity contribution in [2.45, 2.75) is 39.2 Å². The van der Waals surface area contributed by atoms with Gasteiger partial charge in [0.15, 0.2) is 0 Å². The van der Waals surface area contributed by atoms with Crippen molar-refractivity contribution in [3.05, 3.63) is 35.8 Å². The number of fused-ring (bicyclic) bond motifs is 1. The highest BCUT2D eigenvalue weighted by atomic mass is 16.5. The van der Waals surface area contributed by atoms with E-state index in [1.807, 2.05) is 23.9 Å². The van der Waals surface area contributed by atoms with Gasteiger partial charge >= 0.3 is 0 Å². The fraction of sp³-hybridized carbons (Fsp3) is 0.542. The van der Waals surface area contributed by atoms with E-state index in [0.717, 1.165) is 53.4 Å². The molecule has 5 heterocycles. The molecule has 0 radical (unpaired) electrons. The van der Waals surface area contributed by atoms with Gasteiger partial charge in [-0.2, -0.15) is 10.2 Å². The van der Waals surface area contributed by atoms with Crippen molar-refractivity contribution in [3.8, 4) is 22.8 Å². The average Bonchev–Trinajstić information content (AvgIpc) is 3.37. The van der Waals surface area contributed by atoms with Crippen LogP contribution in [0.2, 0.25) is 0 Å². The number of hydrogen-bond donors (Lipinski definition) is 1. The topological polar surface area (TPSA) is 82.3 Å². The Morgan fingerprint density at radius 2 is 2.06 bits per heavy atom. The molecule has 1 N–H and O–H groups in total. The van der Waals surface area contributed by atoms with Crippen molar-refractivity contribution < 1.29 is 9.47 Å². The fourth-order valence-electron chi connectivity index (χ4n) is 4.94. The summed E-state index contributed by atoms with van der Waals surface area (Å²) >= 11 is 0. The molecule has 176 valence electrons. The number of ether oxygens (including phenoxy) is 2. The number of rotatable bonds is 5. The molecular weight excluding hydrogens is 418 g/mol. The van der Waals surface area contributed by atoms with E-state index in [1.165, 1.54) is 12.8 Å². The molecule has 0 spiro atoms. The number of likely N-dealkylation sites (tertiary alicyclic amines) is 1. The molecule has 0 aromatic carbocycles. The number of piperidine rings is 1. The molecule has 2 aliphatic rings. The third kappa shape index (κ3) is 4.22. The number of aryl methyl sites for hydroxylation is 1. The lowest BCUT2D eigenvalue weighted by atomic mass is 9.91. The number of anilines is 1. The lowest BCUT2D eigenvalue weighted by Gasteiger charge is -2.32. The summed E-state index contributed by atoms with van der Waals surface area (Å²) in [5.74, 6) is 2.22. The van der Waals surface area contributed by atoms with Gasteiger partial charge in [-0.15, -0.1) is 0 Å². The largest absolute Gasteiger partial charge is 0.481 e. The van der Waals surface area contributed by atoms with Gasteiger partial charge in [-0.25, -0.2) is 9.67 Å². The van der Waals surface area contributed by atoms with Gasteiger partial charge in [0.1, 0.15) is 18.2 Å². The van der Waals surface area contributed by atoms with Crippen LogP contribution in [0.3, 0.4) is 0 Å². The maximum absolute atomic E-state index is 5.70. The van der Waals surface area contributed by atoms with Crippen LogP contribution < -0.4 is 10.1 Å². The summed E-state index contributed by atoms with van der Waals surface area (Å²) in [5, 5.41) is 13.2. The van der Waals surface area contributed by atoms with E-state index in [2.05, 4.69) is 40.1 Å². The van der Waals surface area contributed by atoms with E-state index in [4.69, 9.17) is 19.7 Å². The van der Waals surface area contributed by atoms with E-state index in [9.17, 15) is 0 Å². The van der Waals surface area contributed by atoms with Crippen molar-refractivity contribution in [1.29, 1.82) is 0 Å². The first-order valence-corrected chi connectivity index (χ1v) is 11.7. The van der Waals surface area contributed by atoms with Crippen LogP contribution in [-0.4, -0.2) is 70.0 Å². The van der Waals surface area contributed by atoms with Crippen molar-refractivity contribution in [2.75, 3.05) is 45.9 Å². The molecule has 0 saturated carbocycles. The van der Waals surface area contributed by atoms with E-state index in [1.54, 1.807) is 13.3 Å². The monoisotopic (exact) mass is 451 g/mol. The summed E-state index contributed by atoms with van der Waals surface area (Å²) in [6.45, 7) is 7.69. The predicted molar refractivity (Wildman–Crippen MR) is 127 cm³/mol. The minimum atomic E-state index is 0.364. The zero-order valence-corrected chi connectivity index (χ0v) is 19.9. The molecule has 0 amide bonds. The van der Waals surface area contributed by atoms with Crippen LogP contribution in [0.25, 0.3) is 16.9 Å². The molecular formula is C24H33N7O2. The third-order valence-electron chi connectivity index (χ3n) is 7.01. The molecule has 1 fully saturated rings. The van der Waals surface area contributed by atoms with E-state index in [0.29, 0.717) is 31.2 Å². The Balaban J connectivity index is 1.49. The second kappa shape index (κ2) is 9.15. The molecule has 3 aromatic rings. The molecule has 2 aliphatic heterocycles. The summed E-state index contributed by atoms with van der Waals surface area (Å²) in [6, 6.07) is 2.41. The summed E-state index contributed by atoms with van der Waals surface area (Å²) in [5.41, 5.74) is 4.97. The highest BCUT2D eigenvalue weighted by Gasteiger charge is 2.26. The van der Waals surface area contributed by atoms with E-state index in [-0.39, 0.29) is 0 Å². The number of pyridine rings is 1. The van der Waals surface area contributed by atoms with Gasteiger partial charge in [-0.1, -0.05) is 0 Å². The summed E-state index contributed by atoms with van der Waals surface area (Å²) in [4.78, 5) is 6.86. The number of nitrogens with zero attached hydrogens (tertiary/aromatic N) is 6. The zero-order valence-electron chi connectivity index (χ0n) is 19.9. The highest BCUT2D eigenvalue weighted by Crippen LogP contribution is 2.34. The summed E-state index contributed by atoms with van der Waals surface area (Å²) in [7, 11) is 3.84. The van der Waals surface area contributed by atoms with Crippen LogP contribution in [0, 0.1) is 12.8 Å². The Morgan fingerprint density at radius 3 is 2.82 bits per heavy atom. The fourth-order valence-corrected chi connectivity index (χ4v) is 4.94. The van der Waals surface area contributed by atoms with Gasteiger partial charge in [0.05, 0.1) is 37.8 Å². The van der Waals surface area contributed by atoms with E-state index >= 15 is 0 Å². The minimum Gasteiger partial charge on any atom is -0.481 e. The Hall–Kier alpha value is -2.91. The predicted octanol–water partition coefficient (Wildman–Crippen LogP) is 3.29. The van der Waals surface area contributed by atoms with Crippen molar-refractivity contribution in [1.82, 2.24) is 29.4 Å². The third-order valence-corrected chi connectivity index (χ3v) is 7.01. The molecule has 5 rings (SSSR count). The van der Waals surface area contributed by atoms with Crippen LogP contribution in [0.15, 0.2) is 24.7 Å². The molecule has 1 saturated heterocycles. The summed E-state index contributed by atoms with van der Waals surface area (Å²) in [6.07, 6.45) is 9.10. The van der Waals surface area contributed by atoms with Crippen LogP contribution in [0.5, 0.6) is 5.88 Å². The quantitative estimate of drug-likeness (QED) is 0.637. The first-order chi connectivity index (χ1) is 16.0. The number of hydrogen-bond acceptors (Lipinski definition) is 7. The standard InChI is InChI=1S/C24H33N7O2/c1-16-11-20(13-25-24(16)32-4)31-23-21(7-10-33-15-26-23)22(28-31)19-12-27-30(14-19)17(2)18-5-8-29(3)9-6-18/h11-14,17-18,26H,5-10,15H2,1-4H3/t17-/m1/s1. The lowest BCUT2D eigenvalue weighted by Crippen LogP contribution is -2.33. The van der Waals surface area contributed by atoms with Crippen LogP contribution in [0.1, 0.15) is 36.9 Å². The zero-order chi connectivity index (χ0) is 22.9. The SMILES string of the molecule is COc1ncc(-n2nc(-c3cnn([C@H](C)C4CCN(C)CC4)c3)c3c2NCOCC3)cc1C. The highest BCUT2D eigenvalue weighted by molar-refractivity contribution is 5.70. The second-order valence-corrected chi connectivity index (χ2v) is 9.18. The van der Waals surface area contributed by atoms with Gasteiger partial charge in [0.2, 0.25) is 5.88 Å². The van der Waals surface area contributed by atoms with Crippen molar-refractivity contribution >= 4 is 5.82 Å². The average molecular weight is 452 g/mol. The molecule has 3 aromatic heterocycles. The smallest absolute Gasteiger partial charge is 0.216 e. The maximum atomic E-state index is 5.70. The second-order valence-electron chi connectivity index (χ2n) is 9.18. The van der Waals surface area contributed by atoms with Crippen LogP contribution >= 0.6 is 0 Å². The first-order valence-electron chi connectivity index (χ1n) is 11.7. The van der Waals surface area contributed by atoms with Gasteiger partial charge in [0.25, 0.3) is 0 Å². The molecule has 0 aliphatic carbocycles. The van der Waals surface area contributed by atoms with Gasteiger partial charge in [-0.05, 0) is 58.8 Å². The lowest BCUT2D eigenvalue weighted by molar-refractivity contribution is 0.159. The molecule has 9 heteroatoms. The van der Waals surface area contributed by atoms with Gasteiger partial charge in [-0.3, -0.25) is 4.68 Å². The van der Waals surface area contributed by atoms with Crippen molar-refractivity contribution in [2.24, 2.45) is 5.92 Å². The number of aromatic nitrogens is 5. The van der Waals surface area contributed by atoms with Gasteiger partial charge in [0, 0.05) is 29.3 Å². The minimum absolute atomic E-state index is 0.364. The number of nitrogens with one attached hydrogen (secondary N) is 1. The van der Waals surface area contributed by atoms with Crippen LogP contribution in [-0.2, 0) is 11.2 Å². The maximum Gasteiger partial charge on any atom is 0.216 e. The normalized spacial score (nSPS) is 18.4. The Kier molecular flexibility index (Phi) is 6.07. The van der Waals surface area contributed by atoms with Crippen LogP contribution in [0.4, 0.5) is 5.82 Å². The summed E-state index contributed by atoms with van der Waals surface area (Å²) < 4.78 is 15.1. The molecule has 9 nitrogen and oxygen atoms in total. The van der Waals surface area contributed by atoms with Gasteiger partial charge < -0.3 is 19.7 Å².